The number of hydrogen-bond donors (Lipinski definition) is 2. The number of hydrogen-bond acceptors (Lipinski definition) is 3. The van der Waals surface area contributed by atoms with Crippen molar-refractivity contribution in [2.75, 3.05) is 17.7 Å². The van der Waals surface area contributed by atoms with Crippen LogP contribution in [-0.4, -0.2) is 19.1 Å². The third kappa shape index (κ3) is 3.85. The van der Waals surface area contributed by atoms with Crippen molar-refractivity contribution in [3.63, 3.8) is 0 Å². The molecule has 2 aromatic carbocycles. The van der Waals surface area contributed by atoms with Crippen LogP contribution < -0.4 is 10.6 Å². The third-order valence-corrected chi connectivity index (χ3v) is 3.18. The van der Waals surface area contributed by atoms with E-state index < -0.39 is 6.09 Å². The fraction of sp³-hybridized carbons (Fsp3) is 0.176. The molecule has 0 atom stereocenters. The van der Waals surface area contributed by atoms with E-state index >= 15 is 0 Å². The fourth-order valence-corrected chi connectivity index (χ4v) is 2.11. The number of methoxy groups -OCH3 is 1. The van der Waals surface area contributed by atoms with Gasteiger partial charge in [0.25, 0.3) is 5.91 Å². The molecular weight excluding hydrogens is 280 g/mol. The quantitative estimate of drug-likeness (QED) is 0.907. The summed E-state index contributed by atoms with van der Waals surface area (Å²) in [5.41, 5.74) is 3.79. The Kier molecular flexibility index (Phi) is 4.78. The van der Waals surface area contributed by atoms with E-state index in [2.05, 4.69) is 15.4 Å². The molecule has 5 nitrogen and oxygen atoms in total. The van der Waals surface area contributed by atoms with Crippen molar-refractivity contribution in [3.05, 3.63) is 59.2 Å². The molecule has 0 spiro atoms. The van der Waals surface area contributed by atoms with Crippen molar-refractivity contribution in [1.29, 1.82) is 0 Å². The monoisotopic (exact) mass is 298 g/mol. The average molecular weight is 298 g/mol. The molecule has 0 saturated carbocycles. The zero-order chi connectivity index (χ0) is 16.1. The Morgan fingerprint density at radius 2 is 1.64 bits per heavy atom. The molecule has 0 bridgehead atoms. The Labute approximate surface area is 129 Å². The van der Waals surface area contributed by atoms with Gasteiger partial charge in [-0.3, -0.25) is 10.1 Å². The second-order valence-corrected chi connectivity index (χ2v) is 4.97. The van der Waals surface area contributed by atoms with Gasteiger partial charge in [0, 0.05) is 16.9 Å². The van der Waals surface area contributed by atoms with E-state index in [-0.39, 0.29) is 5.91 Å². The van der Waals surface area contributed by atoms with E-state index in [9.17, 15) is 9.59 Å². The molecule has 0 aliphatic rings. The maximum absolute atomic E-state index is 12.3. The van der Waals surface area contributed by atoms with Crippen LogP contribution in [0, 0.1) is 13.8 Å². The highest BCUT2D eigenvalue weighted by Gasteiger charge is 2.10. The largest absolute Gasteiger partial charge is 0.453 e. The topological polar surface area (TPSA) is 67.4 Å². The minimum atomic E-state index is -0.558. The molecule has 22 heavy (non-hydrogen) atoms. The molecule has 0 unspecified atom stereocenters. The summed E-state index contributed by atoms with van der Waals surface area (Å²) < 4.78 is 4.53. The molecule has 0 radical (unpaired) electrons. The lowest BCUT2D eigenvalue weighted by atomic mass is 10.1. The lowest BCUT2D eigenvalue weighted by molar-refractivity contribution is 0.102. The third-order valence-electron chi connectivity index (χ3n) is 3.18. The van der Waals surface area contributed by atoms with Crippen LogP contribution in [0.1, 0.15) is 21.5 Å². The van der Waals surface area contributed by atoms with E-state index in [0.29, 0.717) is 16.9 Å². The minimum absolute atomic E-state index is 0.187. The number of ether oxygens (including phenoxy) is 1. The second kappa shape index (κ2) is 6.76. The molecule has 0 heterocycles. The van der Waals surface area contributed by atoms with Crippen molar-refractivity contribution >= 4 is 23.4 Å². The highest BCUT2D eigenvalue weighted by molar-refractivity contribution is 6.05. The Bertz CT molecular complexity index is 711. The highest BCUT2D eigenvalue weighted by atomic mass is 16.5. The summed E-state index contributed by atoms with van der Waals surface area (Å²) in [4.78, 5) is 23.5. The standard InChI is InChI=1S/C17H18N2O3/c1-11-7-8-15(12(2)9-11)16(20)18-13-5-4-6-14(10-13)19-17(21)22-3/h4-10H,1-3H3,(H,18,20)(H,19,21). The molecule has 0 aliphatic heterocycles. The van der Waals surface area contributed by atoms with Gasteiger partial charge in [-0.2, -0.15) is 0 Å². The van der Waals surface area contributed by atoms with Crippen LogP contribution in [0.5, 0.6) is 0 Å². The van der Waals surface area contributed by atoms with Gasteiger partial charge in [-0.15, -0.1) is 0 Å². The van der Waals surface area contributed by atoms with Gasteiger partial charge in [0.15, 0.2) is 0 Å². The predicted octanol–water partition coefficient (Wildman–Crippen LogP) is 3.73. The number of amides is 2. The minimum Gasteiger partial charge on any atom is -0.453 e. The number of nitrogens with one attached hydrogen (secondary N) is 2. The van der Waals surface area contributed by atoms with Crippen molar-refractivity contribution in [1.82, 2.24) is 0 Å². The Balaban J connectivity index is 2.14. The molecule has 114 valence electrons. The van der Waals surface area contributed by atoms with Crippen LogP contribution in [0.15, 0.2) is 42.5 Å². The van der Waals surface area contributed by atoms with E-state index in [1.165, 1.54) is 7.11 Å². The molecule has 0 aliphatic carbocycles. The number of rotatable bonds is 3. The van der Waals surface area contributed by atoms with Crippen LogP contribution in [0.25, 0.3) is 0 Å². The van der Waals surface area contributed by atoms with Crippen molar-refractivity contribution in [3.8, 4) is 0 Å². The summed E-state index contributed by atoms with van der Waals surface area (Å²) in [6, 6.07) is 12.5. The highest BCUT2D eigenvalue weighted by Crippen LogP contribution is 2.18. The molecule has 2 N–H and O–H groups in total. The summed E-state index contributed by atoms with van der Waals surface area (Å²) in [6.45, 7) is 3.88. The Hall–Kier alpha value is -2.82. The zero-order valence-electron chi connectivity index (χ0n) is 12.8. The summed E-state index contributed by atoms with van der Waals surface area (Å²) in [6.07, 6.45) is -0.558. The molecule has 0 fully saturated rings. The normalized spacial score (nSPS) is 9.95. The SMILES string of the molecule is COC(=O)Nc1cccc(NC(=O)c2ccc(C)cc2C)c1. The maximum atomic E-state index is 12.3. The fourth-order valence-electron chi connectivity index (χ4n) is 2.11. The van der Waals surface area contributed by atoms with Crippen molar-refractivity contribution < 1.29 is 14.3 Å². The molecule has 5 heteroatoms. The summed E-state index contributed by atoms with van der Waals surface area (Å²) in [5.74, 6) is -0.187. The van der Waals surface area contributed by atoms with Crippen molar-refractivity contribution in [2.24, 2.45) is 0 Å². The first-order valence-electron chi connectivity index (χ1n) is 6.83. The molecule has 2 aromatic rings. The molecule has 2 rings (SSSR count). The van der Waals surface area contributed by atoms with Gasteiger partial charge in [-0.05, 0) is 43.7 Å². The van der Waals surface area contributed by atoms with E-state index in [0.717, 1.165) is 11.1 Å². The summed E-state index contributed by atoms with van der Waals surface area (Å²) >= 11 is 0. The first kappa shape index (κ1) is 15.6. The molecular formula is C17H18N2O3. The van der Waals surface area contributed by atoms with E-state index in [1.54, 1.807) is 30.3 Å². The Morgan fingerprint density at radius 3 is 2.27 bits per heavy atom. The van der Waals surface area contributed by atoms with Crippen LogP contribution in [0.3, 0.4) is 0 Å². The van der Waals surface area contributed by atoms with Gasteiger partial charge in [-0.25, -0.2) is 4.79 Å². The van der Waals surface area contributed by atoms with Gasteiger partial charge in [0.05, 0.1) is 7.11 Å². The molecule has 2 amide bonds. The van der Waals surface area contributed by atoms with Gasteiger partial charge >= 0.3 is 6.09 Å². The number of benzene rings is 2. The average Bonchev–Trinajstić information content (AvgIpc) is 2.47. The number of carbonyl (C=O) groups excluding carboxylic acids is 2. The summed E-state index contributed by atoms with van der Waals surface area (Å²) in [7, 11) is 1.29. The predicted molar refractivity (Wildman–Crippen MR) is 86.3 cm³/mol. The number of carbonyl (C=O) groups is 2. The van der Waals surface area contributed by atoms with Crippen molar-refractivity contribution in [2.45, 2.75) is 13.8 Å². The van der Waals surface area contributed by atoms with Crippen LogP contribution in [0.2, 0.25) is 0 Å². The number of aryl methyl sites for hydroxylation is 2. The smallest absolute Gasteiger partial charge is 0.411 e. The maximum Gasteiger partial charge on any atom is 0.411 e. The van der Waals surface area contributed by atoms with Gasteiger partial charge < -0.3 is 10.1 Å². The van der Waals surface area contributed by atoms with Gasteiger partial charge in [0.1, 0.15) is 0 Å². The van der Waals surface area contributed by atoms with E-state index in [4.69, 9.17) is 0 Å². The molecule has 0 aromatic heterocycles. The van der Waals surface area contributed by atoms with Gasteiger partial charge in [0.2, 0.25) is 0 Å². The first-order valence-corrected chi connectivity index (χ1v) is 6.83. The van der Waals surface area contributed by atoms with Crippen LogP contribution in [-0.2, 0) is 4.74 Å². The Morgan fingerprint density at radius 1 is 0.955 bits per heavy atom. The van der Waals surface area contributed by atoms with Crippen LogP contribution in [0.4, 0.5) is 16.2 Å². The lowest BCUT2D eigenvalue weighted by Gasteiger charge is -2.10. The molecule has 0 saturated heterocycles. The first-order chi connectivity index (χ1) is 10.5. The van der Waals surface area contributed by atoms with Crippen LogP contribution >= 0.6 is 0 Å². The summed E-state index contributed by atoms with van der Waals surface area (Å²) in [5, 5.41) is 5.37. The van der Waals surface area contributed by atoms with E-state index in [1.807, 2.05) is 26.0 Å². The zero-order valence-corrected chi connectivity index (χ0v) is 12.8. The lowest BCUT2D eigenvalue weighted by Crippen LogP contribution is -2.14. The second-order valence-electron chi connectivity index (χ2n) is 4.97. The van der Waals surface area contributed by atoms with Gasteiger partial charge in [-0.1, -0.05) is 23.8 Å². The number of anilines is 2.